The Hall–Kier alpha value is -2.02. The van der Waals surface area contributed by atoms with E-state index in [1.54, 1.807) is 0 Å². The molecule has 1 aromatic heterocycles. The van der Waals surface area contributed by atoms with Crippen molar-refractivity contribution in [2.45, 2.75) is 19.4 Å². The van der Waals surface area contributed by atoms with Crippen molar-refractivity contribution in [3.63, 3.8) is 0 Å². The van der Waals surface area contributed by atoms with Gasteiger partial charge in [-0.15, -0.1) is 6.58 Å². The van der Waals surface area contributed by atoms with Crippen LogP contribution in [-0.4, -0.2) is 4.57 Å². The summed E-state index contributed by atoms with van der Waals surface area (Å²) in [5.74, 6) is 0. The molecule has 0 N–H and O–H groups in total. The zero-order valence-corrected chi connectivity index (χ0v) is 10.6. The Kier molecular flexibility index (Phi) is 2.67. The van der Waals surface area contributed by atoms with Crippen LogP contribution in [-0.2, 0) is 0 Å². The SMILES string of the molecule is C=CCC(C)n1c2ccccc2c2ccccc21. The lowest BCUT2D eigenvalue weighted by Gasteiger charge is -2.14. The average Bonchev–Trinajstić information content (AvgIpc) is 2.73. The van der Waals surface area contributed by atoms with Crippen LogP contribution in [0.5, 0.6) is 0 Å². The smallest absolute Gasteiger partial charge is 0.0493 e. The molecule has 0 bridgehead atoms. The van der Waals surface area contributed by atoms with E-state index in [1.165, 1.54) is 21.8 Å². The van der Waals surface area contributed by atoms with Gasteiger partial charge < -0.3 is 4.57 Å². The van der Waals surface area contributed by atoms with Gasteiger partial charge in [-0.2, -0.15) is 0 Å². The van der Waals surface area contributed by atoms with Gasteiger partial charge in [-0.25, -0.2) is 0 Å². The molecule has 3 rings (SSSR count). The molecule has 0 aliphatic heterocycles. The summed E-state index contributed by atoms with van der Waals surface area (Å²) in [6, 6.07) is 17.7. The van der Waals surface area contributed by atoms with Gasteiger partial charge in [-0.3, -0.25) is 0 Å². The molecule has 0 spiro atoms. The van der Waals surface area contributed by atoms with Crippen molar-refractivity contribution >= 4 is 21.8 Å². The second-order valence-corrected chi connectivity index (χ2v) is 4.78. The van der Waals surface area contributed by atoms with Gasteiger partial charge in [0.1, 0.15) is 0 Å². The molecule has 1 heteroatoms. The van der Waals surface area contributed by atoms with Crippen LogP contribution in [0.2, 0.25) is 0 Å². The summed E-state index contributed by atoms with van der Waals surface area (Å²) in [5.41, 5.74) is 2.63. The van der Waals surface area contributed by atoms with Crippen LogP contribution in [0, 0.1) is 0 Å². The summed E-state index contributed by atoms with van der Waals surface area (Å²) in [7, 11) is 0. The van der Waals surface area contributed by atoms with E-state index in [1.807, 2.05) is 6.08 Å². The van der Waals surface area contributed by atoms with E-state index in [2.05, 4.69) is 66.6 Å². The summed E-state index contributed by atoms with van der Waals surface area (Å²) in [4.78, 5) is 0. The molecule has 18 heavy (non-hydrogen) atoms. The number of para-hydroxylation sites is 2. The topological polar surface area (TPSA) is 4.93 Å². The van der Waals surface area contributed by atoms with Crippen LogP contribution in [0.4, 0.5) is 0 Å². The number of hydrogen-bond acceptors (Lipinski definition) is 0. The normalized spacial score (nSPS) is 12.9. The molecule has 0 fully saturated rings. The van der Waals surface area contributed by atoms with Gasteiger partial charge in [0.2, 0.25) is 0 Å². The Balaban J connectivity index is 2.41. The molecular formula is C17H17N. The lowest BCUT2D eigenvalue weighted by Crippen LogP contribution is -2.03. The van der Waals surface area contributed by atoms with Crippen LogP contribution in [0.25, 0.3) is 21.8 Å². The van der Waals surface area contributed by atoms with Crippen LogP contribution in [0.1, 0.15) is 19.4 Å². The molecule has 0 saturated heterocycles. The zero-order valence-electron chi connectivity index (χ0n) is 10.6. The Bertz CT molecular complexity index is 653. The second kappa shape index (κ2) is 4.34. The van der Waals surface area contributed by atoms with Gasteiger partial charge in [0.25, 0.3) is 0 Å². The molecule has 1 nitrogen and oxygen atoms in total. The standard InChI is InChI=1S/C17H17N/c1-3-8-13(2)18-16-11-6-4-9-14(16)15-10-5-7-12-17(15)18/h3-7,9-13H,1,8H2,2H3. The Morgan fingerprint density at radius 1 is 1.00 bits per heavy atom. The minimum absolute atomic E-state index is 0.437. The van der Waals surface area contributed by atoms with Crippen molar-refractivity contribution in [2.75, 3.05) is 0 Å². The molecule has 0 saturated carbocycles. The van der Waals surface area contributed by atoms with E-state index in [9.17, 15) is 0 Å². The summed E-state index contributed by atoms with van der Waals surface area (Å²) in [6.07, 6.45) is 2.98. The van der Waals surface area contributed by atoms with Crippen molar-refractivity contribution < 1.29 is 0 Å². The molecule has 1 unspecified atom stereocenters. The van der Waals surface area contributed by atoms with Crippen LogP contribution in [0.3, 0.4) is 0 Å². The number of hydrogen-bond donors (Lipinski definition) is 0. The first-order valence-electron chi connectivity index (χ1n) is 6.41. The number of nitrogens with zero attached hydrogens (tertiary/aromatic N) is 1. The minimum Gasteiger partial charge on any atom is -0.337 e. The second-order valence-electron chi connectivity index (χ2n) is 4.78. The summed E-state index contributed by atoms with van der Waals surface area (Å²) in [6.45, 7) is 6.11. The maximum Gasteiger partial charge on any atom is 0.0493 e. The Labute approximate surface area is 107 Å². The van der Waals surface area contributed by atoms with E-state index in [0.29, 0.717) is 6.04 Å². The fraction of sp³-hybridized carbons (Fsp3) is 0.176. The fourth-order valence-electron chi connectivity index (χ4n) is 2.77. The van der Waals surface area contributed by atoms with Crippen molar-refractivity contribution in [3.8, 4) is 0 Å². The number of benzene rings is 2. The van der Waals surface area contributed by atoms with Crippen LogP contribution < -0.4 is 0 Å². The molecule has 2 aromatic carbocycles. The maximum absolute atomic E-state index is 3.86. The highest BCUT2D eigenvalue weighted by molar-refractivity contribution is 6.08. The summed E-state index contributed by atoms with van der Waals surface area (Å²) in [5, 5.41) is 2.67. The quantitative estimate of drug-likeness (QED) is 0.567. The average molecular weight is 235 g/mol. The van der Waals surface area contributed by atoms with E-state index in [-0.39, 0.29) is 0 Å². The highest BCUT2D eigenvalue weighted by Gasteiger charge is 2.13. The molecule has 90 valence electrons. The van der Waals surface area contributed by atoms with Crippen molar-refractivity contribution in [3.05, 3.63) is 61.2 Å². The first-order valence-corrected chi connectivity index (χ1v) is 6.41. The minimum atomic E-state index is 0.437. The van der Waals surface area contributed by atoms with Crippen molar-refractivity contribution in [1.82, 2.24) is 4.57 Å². The summed E-state index contributed by atoms with van der Waals surface area (Å²) < 4.78 is 2.42. The number of rotatable bonds is 3. The predicted molar refractivity (Wildman–Crippen MR) is 79.0 cm³/mol. The lowest BCUT2D eigenvalue weighted by atomic mass is 10.2. The number of aromatic nitrogens is 1. The van der Waals surface area contributed by atoms with Gasteiger partial charge in [0.15, 0.2) is 0 Å². The fourth-order valence-corrected chi connectivity index (χ4v) is 2.77. The molecule has 0 aliphatic carbocycles. The highest BCUT2D eigenvalue weighted by Crippen LogP contribution is 2.32. The monoisotopic (exact) mass is 235 g/mol. The third-order valence-electron chi connectivity index (χ3n) is 3.57. The van der Waals surface area contributed by atoms with Crippen LogP contribution >= 0.6 is 0 Å². The van der Waals surface area contributed by atoms with Gasteiger partial charge in [-0.05, 0) is 25.5 Å². The van der Waals surface area contributed by atoms with Crippen molar-refractivity contribution in [1.29, 1.82) is 0 Å². The third-order valence-corrected chi connectivity index (χ3v) is 3.57. The Morgan fingerprint density at radius 2 is 1.50 bits per heavy atom. The molecular weight excluding hydrogens is 218 g/mol. The summed E-state index contributed by atoms with van der Waals surface area (Å²) >= 11 is 0. The largest absolute Gasteiger partial charge is 0.337 e. The van der Waals surface area contributed by atoms with E-state index >= 15 is 0 Å². The molecule has 0 aliphatic rings. The van der Waals surface area contributed by atoms with E-state index in [4.69, 9.17) is 0 Å². The maximum atomic E-state index is 3.86. The van der Waals surface area contributed by atoms with Gasteiger partial charge >= 0.3 is 0 Å². The van der Waals surface area contributed by atoms with E-state index in [0.717, 1.165) is 6.42 Å². The van der Waals surface area contributed by atoms with Gasteiger partial charge in [-0.1, -0.05) is 42.5 Å². The van der Waals surface area contributed by atoms with Crippen LogP contribution in [0.15, 0.2) is 61.2 Å². The molecule has 3 aromatic rings. The zero-order chi connectivity index (χ0) is 12.5. The molecule has 0 radical (unpaired) electrons. The van der Waals surface area contributed by atoms with Gasteiger partial charge in [0.05, 0.1) is 0 Å². The Morgan fingerprint density at radius 3 is 2.00 bits per heavy atom. The molecule has 1 heterocycles. The first-order chi connectivity index (χ1) is 8.83. The number of allylic oxidation sites excluding steroid dienone is 1. The highest BCUT2D eigenvalue weighted by atomic mass is 15.0. The van der Waals surface area contributed by atoms with E-state index < -0.39 is 0 Å². The molecule has 0 amide bonds. The van der Waals surface area contributed by atoms with Gasteiger partial charge in [0, 0.05) is 27.8 Å². The first kappa shape index (κ1) is 11.1. The lowest BCUT2D eigenvalue weighted by molar-refractivity contribution is 0.591. The number of fused-ring (bicyclic) bond motifs is 3. The van der Waals surface area contributed by atoms with Crippen molar-refractivity contribution in [2.24, 2.45) is 0 Å². The third kappa shape index (κ3) is 1.55. The predicted octanol–water partition coefficient (Wildman–Crippen LogP) is 4.93. The molecule has 1 atom stereocenters.